The topological polar surface area (TPSA) is 69.2 Å². The third-order valence-corrected chi connectivity index (χ3v) is 1.98. The van der Waals surface area contributed by atoms with Crippen molar-refractivity contribution < 1.29 is 4.92 Å². The van der Waals surface area contributed by atoms with E-state index in [1.165, 1.54) is 6.07 Å². The van der Waals surface area contributed by atoms with Crippen molar-refractivity contribution in [2.75, 3.05) is 6.54 Å². The van der Waals surface area contributed by atoms with Gasteiger partial charge in [0.1, 0.15) is 0 Å². The van der Waals surface area contributed by atoms with E-state index in [1.54, 1.807) is 25.1 Å². The molecule has 0 bridgehead atoms. The van der Waals surface area contributed by atoms with Gasteiger partial charge in [-0.3, -0.25) is 10.1 Å². The summed E-state index contributed by atoms with van der Waals surface area (Å²) >= 11 is 0. The van der Waals surface area contributed by atoms with E-state index < -0.39 is 0 Å². The average molecular weight is 192 g/mol. The van der Waals surface area contributed by atoms with E-state index >= 15 is 0 Å². The molecule has 1 aromatic carbocycles. The summed E-state index contributed by atoms with van der Waals surface area (Å²) in [7, 11) is 0. The first-order chi connectivity index (χ1) is 6.66. The Morgan fingerprint density at radius 1 is 1.57 bits per heavy atom. The van der Waals surface area contributed by atoms with Crippen LogP contribution in [0.3, 0.4) is 0 Å². The SMILES string of the molecule is Cc1c(C=CCN)cccc1[N+](=O)[O-]. The monoisotopic (exact) mass is 192 g/mol. The molecule has 0 aliphatic heterocycles. The van der Waals surface area contributed by atoms with Crippen molar-refractivity contribution in [3.8, 4) is 0 Å². The summed E-state index contributed by atoms with van der Waals surface area (Å²) in [5.41, 5.74) is 6.95. The summed E-state index contributed by atoms with van der Waals surface area (Å²) in [6, 6.07) is 4.99. The highest BCUT2D eigenvalue weighted by Gasteiger charge is 2.10. The minimum absolute atomic E-state index is 0.143. The van der Waals surface area contributed by atoms with E-state index in [0.29, 0.717) is 12.1 Å². The molecule has 0 spiro atoms. The molecule has 0 radical (unpaired) electrons. The Morgan fingerprint density at radius 2 is 2.29 bits per heavy atom. The average Bonchev–Trinajstić information content (AvgIpc) is 2.16. The van der Waals surface area contributed by atoms with Crippen LogP contribution in [0.4, 0.5) is 5.69 Å². The smallest absolute Gasteiger partial charge is 0.272 e. The Labute approximate surface area is 82.2 Å². The third kappa shape index (κ3) is 2.17. The van der Waals surface area contributed by atoms with Gasteiger partial charge in [-0.2, -0.15) is 0 Å². The Balaban J connectivity index is 3.14. The summed E-state index contributed by atoms with van der Waals surface area (Å²) in [5.74, 6) is 0. The van der Waals surface area contributed by atoms with Crippen molar-refractivity contribution in [2.45, 2.75) is 6.92 Å². The van der Waals surface area contributed by atoms with Gasteiger partial charge in [-0.15, -0.1) is 0 Å². The second kappa shape index (κ2) is 4.53. The maximum Gasteiger partial charge on any atom is 0.272 e. The van der Waals surface area contributed by atoms with Crippen LogP contribution in [0, 0.1) is 17.0 Å². The predicted octanol–water partition coefficient (Wildman–Crippen LogP) is 1.88. The zero-order chi connectivity index (χ0) is 10.6. The van der Waals surface area contributed by atoms with Crippen LogP contribution in [0.15, 0.2) is 24.3 Å². The fourth-order valence-electron chi connectivity index (χ4n) is 1.21. The van der Waals surface area contributed by atoms with Gasteiger partial charge in [0.25, 0.3) is 5.69 Å². The number of nitro benzene ring substituents is 1. The molecule has 0 aromatic heterocycles. The molecule has 0 unspecified atom stereocenters. The zero-order valence-corrected chi connectivity index (χ0v) is 7.93. The van der Waals surface area contributed by atoms with Crippen LogP contribution < -0.4 is 5.73 Å². The number of hydrogen-bond acceptors (Lipinski definition) is 3. The molecule has 0 atom stereocenters. The molecule has 74 valence electrons. The van der Waals surface area contributed by atoms with Gasteiger partial charge in [-0.25, -0.2) is 0 Å². The highest BCUT2D eigenvalue weighted by Crippen LogP contribution is 2.21. The first kappa shape index (κ1) is 10.4. The van der Waals surface area contributed by atoms with Crippen LogP contribution in [-0.4, -0.2) is 11.5 Å². The molecular formula is C10H12N2O2. The Bertz CT molecular complexity index is 372. The van der Waals surface area contributed by atoms with E-state index in [1.807, 2.05) is 6.07 Å². The second-order valence-corrected chi connectivity index (χ2v) is 2.89. The lowest BCUT2D eigenvalue weighted by atomic mass is 10.1. The van der Waals surface area contributed by atoms with Crippen molar-refractivity contribution >= 4 is 11.8 Å². The number of nitrogens with two attached hydrogens (primary N) is 1. The highest BCUT2D eigenvalue weighted by molar-refractivity contribution is 5.59. The molecule has 0 heterocycles. The maximum absolute atomic E-state index is 10.6. The van der Waals surface area contributed by atoms with Crippen LogP contribution in [-0.2, 0) is 0 Å². The van der Waals surface area contributed by atoms with Crippen molar-refractivity contribution in [1.29, 1.82) is 0 Å². The highest BCUT2D eigenvalue weighted by atomic mass is 16.6. The number of benzene rings is 1. The van der Waals surface area contributed by atoms with Crippen molar-refractivity contribution in [3.63, 3.8) is 0 Å². The molecule has 4 nitrogen and oxygen atoms in total. The maximum atomic E-state index is 10.6. The molecule has 1 aromatic rings. The summed E-state index contributed by atoms with van der Waals surface area (Å²) in [6.45, 7) is 2.16. The first-order valence-corrected chi connectivity index (χ1v) is 4.27. The summed E-state index contributed by atoms with van der Waals surface area (Å²) < 4.78 is 0. The normalized spacial score (nSPS) is 10.7. The molecule has 14 heavy (non-hydrogen) atoms. The fraction of sp³-hybridized carbons (Fsp3) is 0.200. The zero-order valence-electron chi connectivity index (χ0n) is 7.93. The van der Waals surface area contributed by atoms with E-state index in [4.69, 9.17) is 5.73 Å². The third-order valence-electron chi connectivity index (χ3n) is 1.98. The van der Waals surface area contributed by atoms with Gasteiger partial charge in [0.15, 0.2) is 0 Å². The lowest BCUT2D eigenvalue weighted by Crippen LogP contribution is -1.95. The number of hydrogen-bond donors (Lipinski definition) is 1. The van der Waals surface area contributed by atoms with Crippen molar-refractivity contribution in [3.05, 3.63) is 45.5 Å². The van der Waals surface area contributed by atoms with Gasteiger partial charge < -0.3 is 5.73 Å². The largest absolute Gasteiger partial charge is 0.327 e. The number of rotatable bonds is 3. The standard InChI is InChI=1S/C10H12N2O2/c1-8-9(5-3-7-11)4-2-6-10(8)12(13)14/h2-6H,7,11H2,1H3. The van der Waals surface area contributed by atoms with E-state index in [0.717, 1.165) is 5.56 Å². The fourth-order valence-corrected chi connectivity index (χ4v) is 1.21. The predicted molar refractivity (Wildman–Crippen MR) is 55.9 cm³/mol. The Morgan fingerprint density at radius 3 is 2.86 bits per heavy atom. The summed E-state index contributed by atoms with van der Waals surface area (Å²) in [5, 5.41) is 10.6. The van der Waals surface area contributed by atoms with Crippen LogP contribution in [0.25, 0.3) is 6.08 Å². The van der Waals surface area contributed by atoms with Crippen LogP contribution >= 0.6 is 0 Å². The van der Waals surface area contributed by atoms with E-state index in [-0.39, 0.29) is 10.6 Å². The Hall–Kier alpha value is -1.68. The van der Waals surface area contributed by atoms with Crippen molar-refractivity contribution in [2.24, 2.45) is 5.73 Å². The lowest BCUT2D eigenvalue weighted by Gasteiger charge is -2.00. The molecule has 0 saturated heterocycles. The van der Waals surface area contributed by atoms with E-state index in [2.05, 4.69) is 0 Å². The molecular weight excluding hydrogens is 180 g/mol. The van der Waals surface area contributed by atoms with Gasteiger partial charge >= 0.3 is 0 Å². The molecule has 0 amide bonds. The minimum Gasteiger partial charge on any atom is -0.327 e. The second-order valence-electron chi connectivity index (χ2n) is 2.89. The van der Waals surface area contributed by atoms with Crippen LogP contribution in [0.5, 0.6) is 0 Å². The molecule has 0 fully saturated rings. The van der Waals surface area contributed by atoms with Crippen LogP contribution in [0.2, 0.25) is 0 Å². The molecule has 4 heteroatoms. The first-order valence-electron chi connectivity index (χ1n) is 4.27. The van der Waals surface area contributed by atoms with E-state index in [9.17, 15) is 10.1 Å². The number of nitro groups is 1. The molecule has 1 rings (SSSR count). The lowest BCUT2D eigenvalue weighted by molar-refractivity contribution is -0.385. The van der Waals surface area contributed by atoms with Gasteiger partial charge in [0.2, 0.25) is 0 Å². The van der Waals surface area contributed by atoms with Gasteiger partial charge in [0.05, 0.1) is 4.92 Å². The van der Waals surface area contributed by atoms with Gasteiger partial charge in [-0.05, 0) is 12.5 Å². The summed E-state index contributed by atoms with van der Waals surface area (Å²) in [4.78, 5) is 10.2. The Kier molecular flexibility index (Phi) is 3.36. The molecule has 0 aliphatic carbocycles. The minimum atomic E-state index is -0.380. The van der Waals surface area contributed by atoms with Crippen molar-refractivity contribution in [1.82, 2.24) is 0 Å². The quantitative estimate of drug-likeness (QED) is 0.587. The van der Waals surface area contributed by atoms with Gasteiger partial charge in [0, 0.05) is 18.2 Å². The number of nitrogens with zero attached hydrogens (tertiary/aromatic N) is 1. The van der Waals surface area contributed by atoms with Crippen LogP contribution in [0.1, 0.15) is 11.1 Å². The molecule has 0 aliphatic rings. The molecule has 2 N–H and O–H groups in total. The van der Waals surface area contributed by atoms with Gasteiger partial charge in [-0.1, -0.05) is 24.3 Å². The summed E-state index contributed by atoms with van der Waals surface area (Å²) in [6.07, 6.45) is 3.56. The molecule has 0 saturated carbocycles.